The minimum Gasteiger partial charge on any atom is -0.387 e. The summed E-state index contributed by atoms with van der Waals surface area (Å²) in [6.45, 7) is 6.75. The summed E-state index contributed by atoms with van der Waals surface area (Å²) in [5, 5.41) is 7.08. The number of aromatic nitrogens is 2. The number of carbonyl (C=O) groups is 1. The van der Waals surface area contributed by atoms with Crippen LogP contribution in [0.2, 0.25) is 0 Å². The van der Waals surface area contributed by atoms with Crippen molar-refractivity contribution in [3.05, 3.63) is 41.9 Å². The zero-order valence-electron chi connectivity index (χ0n) is 10.8. The van der Waals surface area contributed by atoms with Crippen LogP contribution in [-0.2, 0) is 0 Å². The molecule has 5 heteroatoms. The van der Waals surface area contributed by atoms with Gasteiger partial charge in [0.1, 0.15) is 11.3 Å². The van der Waals surface area contributed by atoms with Crippen molar-refractivity contribution >= 4 is 16.9 Å². The first-order valence-corrected chi connectivity index (χ1v) is 6.33. The highest BCUT2D eigenvalue weighted by Gasteiger charge is 2.22. The Morgan fingerprint density at radius 2 is 2.42 bits per heavy atom. The van der Waals surface area contributed by atoms with E-state index in [1.165, 1.54) is 0 Å². The zero-order valence-corrected chi connectivity index (χ0v) is 10.8. The molecule has 19 heavy (non-hydrogen) atoms. The van der Waals surface area contributed by atoms with Crippen LogP contribution in [0.15, 0.2) is 30.6 Å². The quantitative estimate of drug-likeness (QED) is 0.762. The lowest BCUT2D eigenvalue weighted by Gasteiger charge is -2.11. The lowest BCUT2D eigenvalue weighted by Crippen LogP contribution is -2.34. The Bertz CT molecular complexity index is 659. The molecule has 1 fully saturated rings. The molecule has 1 unspecified atom stereocenters. The van der Waals surface area contributed by atoms with Gasteiger partial charge < -0.3 is 15.6 Å². The van der Waals surface area contributed by atoms with E-state index < -0.39 is 0 Å². The van der Waals surface area contributed by atoms with Crippen molar-refractivity contribution in [2.75, 3.05) is 6.54 Å². The second-order valence-corrected chi connectivity index (χ2v) is 4.84. The van der Waals surface area contributed by atoms with Crippen LogP contribution in [0, 0.1) is 6.92 Å². The third-order valence-corrected chi connectivity index (χ3v) is 3.51. The Hall–Kier alpha value is -2.30. The third kappa shape index (κ3) is 2.07. The Labute approximate surface area is 111 Å². The maximum Gasteiger partial charge on any atom is 0.268 e. The van der Waals surface area contributed by atoms with Gasteiger partial charge in [0, 0.05) is 23.8 Å². The summed E-state index contributed by atoms with van der Waals surface area (Å²) in [7, 11) is 0. The Balaban J connectivity index is 1.85. The van der Waals surface area contributed by atoms with Crippen LogP contribution in [0.5, 0.6) is 0 Å². The van der Waals surface area contributed by atoms with Crippen LogP contribution < -0.4 is 10.6 Å². The van der Waals surface area contributed by atoms with Crippen molar-refractivity contribution in [2.45, 2.75) is 19.4 Å². The van der Waals surface area contributed by atoms with Gasteiger partial charge >= 0.3 is 0 Å². The fourth-order valence-corrected chi connectivity index (χ4v) is 2.35. The molecule has 3 heterocycles. The average molecular weight is 256 g/mol. The van der Waals surface area contributed by atoms with Crippen molar-refractivity contribution < 1.29 is 4.79 Å². The lowest BCUT2D eigenvalue weighted by atomic mass is 10.2. The van der Waals surface area contributed by atoms with Gasteiger partial charge in [-0.2, -0.15) is 0 Å². The molecule has 1 saturated heterocycles. The molecule has 98 valence electrons. The van der Waals surface area contributed by atoms with Crippen LogP contribution in [0.1, 0.15) is 22.5 Å². The molecule has 1 aliphatic heterocycles. The number of aryl methyl sites for hydroxylation is 1. The number of carbonyl (C=O) groups excluding carboxylic acids is 1. The minimum atomic E-state index is -0.118. The lowest BCUT2D eigenvalue weighted by molar-refractivity contribution is 0.0939. The number of nitrogens with zero attached hydrogens (tertiary/aromatic N) is 1. The second-order valence-electron chi connectivity index (χ2n) is 4.84. The van der Waals surface area contributed by atoms with Gasteiger partial charge in [0.2, 0.25) is 0 Å². The smallest absolute Gasteiger partial charge is 0.268 e. The molecular formula is C14H16N4O. The molecule has 5 nitrogen and oxygen atoms in total. The maximum atomic E-state index is 12.2. The van der Waals surface area contributed by atoms with E-state index >= 15 is 0 Å². The van der Waals surface area contributed by atoms with Crippen molar-refractivity contribution in [1.29, 1.82) is 0 Å². The summed E-state index contributed by atoms with van der Waals surface area (Å²) >= 11 is 0. The van der Waals surface area contributed by atoms with Gasteiger partial charge in [-0.25, -0.2) is 4.98 Å². The monoisotopic (exact) mass is 256 g/mol. The molecule has 3 rings (SSSR count). The van der Waals surface area contributed by atoms with Gasteiger partial charge in [0.15, 0.2) is 0 Å². The average Bonchev–Trinajstić information content (AvgIpc) is 2.97. The zero-order chi connectivity index (χ0) is 13.4. The molecule has 1 amide bonds. The van der Waals surface area contributed by atoms with Crippen LogP contribution in [0.25, 0.3) is 11.0 Å². The van der Waals surface area contributed by atoms with E-state index in [1.807, 2.05) is 19.1 Å². The predicted octanol–water partition coefficient (Wildman–Crippen LogP) is 1.48. The summed E-state index contributed by atoms with van der Waals surface area (Å²) in [6, 6.07) is 3.78. The fourth-order valence-electron chi connectivity index (χ4n) is 2.35. The first-order valence-electron chi connectivity index (χ1n) is 6.33. The minimum absolute atomic E-state index is 0.00738. The van der Waals surface area contributed by atoms with E-state index in [0.717, 1.165) is 35.3 Å². The number of hydrogen-bond acceptors (Lipinski definition) is 3. The summed E-state index contributed by atoms with van der Waals surface area (Å²) in [5.41, 5.74) is 3.26. The molecule has 0 aliphatic carbocycles. The summed E-state index contributed by atoms with van der Waals surface area (Å²) in [5.74, 6) is -0.118. The standard InChI is InChI=1S/C14H16N4O/c1-8-3-5-16-13-10(8)7-12(17-13)14(19)18-11-4-6-15-9(11)2/h3,5,7,11,15H,2,4,6H2,1H3,(H,16,17)(H,18,19). The van der Waals surface area contributed by atoms with Gasteiger partial charge in [-0.3, -0.25) is 4.79 Å². The molecule has 0 spiro atoms. The van der Waals surface area contributed by atoms with Crippen LogP contribution in [0.4, 0.5) is 0 Å². The number of nitrogens with one attached hydrogen (secondary N) is 3. The van der Waals surface area contributed by atoms with Gasteiger partial charge in [0.25, 0.3) is 5.91 Å². The molecule has 0 saturated carbocycles. The first kappa shape index (κ1) is 11.8. The van der Waals surface area contributed by atoms with Crippen LogP contribution >= 0.6 is 0 Å². The molecule has 0 bridgehead atoms. The number of hydrogen-bond donors (Lipinski definition) is 3. The second kappa shape index (κ2) is 4.42. The predicted molar refractivity (Wildman–Crippen MR) is 73.8 cm³/mol. The largest absolute Gasteiger partial charge is 0.387 e. The molecule has 0 radical (unpaired) electrons. The highest BCUT2D eigenvalue weighted by atomic mass is 16.2. The SMILES string of the molecule is C=C1NCCC1NC(=O)c1cc2c(C)ccnc2[nH]1. The summed E-state index contributed by atoms with van der Waals surface area (Å²) in [6.07, 6.45) is 2.61. The van der Waals surface area contributed by atoms with Gasteiger partial charge in [0.05, 0.1) is 6.04 Å². The van der Waals surface area contributed by atoms with Crippen molar-refractivity contribution in [3.8, 4) is 0 Å². The normalized spacial score (nSPS) is 18.6. The molecule has 1 aliphatic rings. The highest BCUT2D eigenvalue weighted by Crippen LogP contribution is 2.17. The molecular weight excluding hydrogens is 240 g/mol. The molecule has 1 atom stereocenters. The highest BCUT2D eigenvalue weighted by molar-refractivity contribution is 5.98. The summed E-state index contributed by atoms with van der Waals surface area (Å²) < 4.78 is 0. The number of amides is 1. The van der Waals surface area contributed by atoms with E-state index in [2.05, 4.69) is 27.2 Å². The molecule has 0 aromatic carbocycles. The number of H-pyrrole nitrogens is 1. The molecule has 2 aromatic rings. The third-order valence-electron chi connectivity index (χ3n) is 3.51. The number of aromatic amines is 1. The first-order chi connectivity index (χ1) is 9.15. The van der Waals surface area contributed by atoms with Crippen molar-refractivity contribution in [3.63, 3.8) is 0 Å². The van der Waals surface area contributed by atoms with E-state index in [4.69, 9.17) is 0 Å². The number of pyridine rings is 1. The van der Waals surface area contributed by atoms with Crippen molar-refractivity contribution in [1.82, 2.24) is 20.6 Å². The maximum absolute atomic E-state index is 12.2. The van der Waals surface area contributed by atoms with E-state index in [-0.39, 0.29) is 11.9 Å². The number of rotatable bonds is 2. The molecule has 2 aromatic heterocycles. The Morgan fingerprint density at radius 1 is 1.58 bits per heavy atom. The van der Waals surface area contributed by atoms with Gasteiger partial charge in [-0.05, 0) is 31.0 Å². The Kier molecular flexibility index (Phi) is 2.74. The topological polar surface area (TPSA) is 69.8 Å². The van der Waals surface area contributed by atoms with Crippen LogP contribution in [0.3, 0.4) is 0 Å². The summed E-state index contributed by atoms with van der Waals surface area (Å²) in [4.78, 5) is 19.5. The van der Waals surface area contributed by atoms with E-state index in [0.29, 0.717) is 5.69 Å². The molecule has 3 N–H and O–H groups in total. The Morgan fingerprint density at radius 3 is 3.11 bits per heavy atom. The van der Waals surface area contributed by atoms with E-state index in [9.17, 15) is 4.79 Å². The van der Waals surface area contributed by atoms with Crippen LogP contribution in [-0.4, -0.2) is 28.5 Å². The van der Waals surface area contributed by atoms with Gasteiger partial charge in [-0.1, -0.05) is 6.58 Å². The van der Waals surface area contributed by atoms with Gasteiger partial charge in [-0.15, -0.1) is 0 Å². The fraction of sp³-hybridized carbons (Fsp3) is 0.286. The number of fused-ring (bicyclic) bond motifs is 1. The van der Waals surface area contributed by atoms with E-state index in [1.54, 1.807) is 6.20 Å². The van der Waals surface area contributed by atoms with Crippen molar-refractivity contribution in [2.24, 2.45) is 0 Å².